The summed E-state index contributed by atoms with van der Waals surface area (Å²) in [4.78, 5) is 21.0. The highest BCUT2D eigenvalue weighted by atomic mass is 15.2. The van der Waals surface area contributed by atoms with E-state index >= 15 is 0 Å². The summed E-state index contributed by atoms with van der Waals surface area (Å²) >= 11 is 0. The lowest BCUT2D eigenvalue weighted by Crippen LogP contribution is -2.03. The molecule has 0 fully saturated rings. The van der Waals surface area contributed by atoms with Crippen LogP contribution < -0.4 is 0 Å². The van der Waals surface area contributed by atoms with Crippen LogP contribution in [0.1, 0.15) is 0 Å². The van der Waals surface area contributed by atoms with Crippen LogP contribution in [-0.2, 0) is 0 Å². The van der Waals surface area contributed by atoms with E-state index in [1.165, 1.54) is 109 Å². The third-order valence-corrected chi connectivity index (χ3v) is 22.5. The third kappa shape index (κ3) is 10.8. The van der Waals surface area contributed by atoms with Crippen LogP contribution in [0, 0.1) is 0 Å². The largest absolute Gasteiger partial charge is 0.309 e. The number of rotatable bonds is 10. The molecule has 0 spiro atoms. The van der Waals surface area contributed by atoms with Gasteiger partial charge in [-0.2, -0.15) is 0 Å². The molecule has 0 atom stereocenters. The molecule has 23 rings (SSSR count). The number of para-hydroxylation sites is 6. The Morgan fingerprint density at radius 1 is 0.152 bits per heavy atom. The fourth-order valence-corrected chi connectivity index (χ4v) is 17.2. The predicted molar refractivity (Wildman–Crippen MR) is 467 cm³/mol. The van der Waals surface area contributed by atoms with E-state index in [2.05, 4.69) is 407 Å². The van der Waals surface area contributed by atoms with Crippen LogP contribution in [0.4, 0.5) is 0 Å². The van der Waals surface area contributed by atoms with E-state index in [9.17, 15) is 0 Å². The Balaban J connectivity index is 0.000000138. The molecule has 112 heavy (non-hydrogen) atoms. The fourth-order valence-electron chi connectivity index (χ4n) is 17.2. The molecule has 0 aliphatic heterocycles. The van der Waals surface area contributed by atoms with E-state index in [4.69, 9.17) is 19.9 Å². The molecule has 0 saturated heterocycles. The van der Waals surface area contributed by atoms with E-state index in [0.29, 0.717) is 11.9 Å². The first-order chi connectivity index (χ1) is 55.5. The van der Waals surface area contributed by atoms with Crippen molar-refractivity contribution in [1.82, 2.24) is 38.2 Å². The Kier molecular flexibility index (Phi) is 15.1. The second-order valence-corrected chi connectivity index (χ2v) is 28.9. The second kappa shape index (κ2) is 26.4. The van der Waals surface area contributed by atoms with Crippen LogP contribution in [-0.4, -0.2) is 38.2 Å². The number of hydrogen-bond donors (Lipinski definition) is 0. The van der Waals surface area contributed by atoms with Gasteiger partial charge in [0.2, 0.25) is 11.9 Å². The van der Waals surface area contributed by atoms with Gasteiger partial charge in [-0.3, -0.25) is 9.13 Å². The maximum Gasteiger partial charge on any atom is 0.235 e. The van der Waals surface area contributed by atoms with E-state index < -0.39 is 0 Å². The first kappa shape index (κ1) is 64.1. The quantitative estimate of drug-likeness (QED) is 0.137. The minimum absolute atomic E-state index is 0.659. The zero-order valence-corrected chi connectivity index (χ0v) is 60.7. The van der Waals surface area contributed by atoms with Crippen LogP contribution in [0.2, 0.25) is 0 Å². The van der Waals surface area contributed by atoms with Crippen molar-refractivity contribution in [2.45, 2.75) is 0 Å². The maximum atomic E-state index is 5.36. The SMILES string of the molecule is c1ccc(-c2ccc(-n3c4ccccc4c4cc(-c5ccc6c(c5)c5ccccc5n6-c5nc(-c6ccc7ccccc7c6)c6ccccc6n5)ccc43)cc2)cc1.c1ccc(-c2ccc(-n3c4ccccc4c4cc(-c5ccc6c(c5)c5ccccc5n6-c5nc(-c6ccccc6)c6ccccc6n5)ccc43)cc2)cc1. The summed E-state index contributed by atoms with van der Waals surface area (Å²) in [5.74, 6) is 1.32. The zero-order valence-electron chi connectivity index (χ0n) is 60.7. The van der Waals surface area contributed by atoms with Crippen molar-refractivity contribution in [3.05, 3.63) is 400 Å². The second-order valence-electron chi connectivity index (χ2n) is 28.9. The van der Waals surface area contributed by atoms with Gasteiger partial charge in [-0.1, -0.05) is 285 Å². The summed E-state index contributed by atoms with van der Waals surface area (Å²) in [6.07, 6.45) is 0. The monoisotopic (exact) mass is 1430 g/mol. The maximum absolute atomic E-state index is 5.36. The molecular formula is C104H66N8. The van der Waals surface area contributed by atoms with Gasteiger partial charge < -0.3 is 9.13 Å². The van der Waals surface area contributed by atoms with Crippen molar-refractivity contribution >= 4 is 120 Å². The van der Waals surface area contributed by atoms with Gasteiger partial charge >= 0.3 is 0 Å². The molecule has 6 aromatic heterocycles. The van der Waals surface area contributed by atoms with Gasteiger partial charge in [0.25, 0.3) is 0 Å². The highest BCUT2D eigenvalue weighted by Crippen LogP contribution is 2.43. The van der Waals surface area contributed by atoms with Gasteiger partial charge in [-0.05, 0) is 171 Å². The average molecular weight is 1430 g/mol. The molecule has 0 amide bonds. The Labute approximate surface area is 644 Å². The standard InChI is InChI=1S/C54H34N4.C50H32N4/c1-2-12-35(13-3-1)37-24-28-42(29-25-37)57-49-20-10-7-16-43(49)46-33-39(26-30-51(46)57)40-27-31-52-47(34-40)44-17-8-11-21-50(44)58(52)54-55-48-19-9-6-18-45(48)53(56-54)41-23-22-36-14-4-5-15-38(36)32-41;1-3-13-33(14-4-1)34-23-27-38(28-24-34)53-45-21-11-8-17-39(45)42-31-36(25-29-47(42)53)37-26-30-48-43(32-37)40-18-9-12-22-46(40)54(48)50-51-44-20-10-7-19-41(44)49(52-50)35-15-5-2-6-16-35/h1-34H;1-32H. The number of hydrogen-bond acceptors (Lipinski definition) is 4. The fraction of sp³-hybridized carbons (Fsp3) is 0. The molecule has 0 bridgehead atoms. The van der Waals surface area contributed by atoms with E-state index in [1.54, 1.807) is 0 Å². The molecule has 23 aromatic rings. The minimum atomic E-state index is 0.659. The van der Waals surface area contributed by atoms with Crippen LogP contribution in [0.25, 0.3) is 210 Å². The van der Waals surface area contributed by atoms with Crippen LogP contribution in [0.15, 0.2) is 400 Å². The number of benzene rings is 17. The first-order valence-corrected chi connectivity index (χ1v) is 38.1. The molecule has 17 aromatic carbocycles. The summed E-state index contributed by atoms with van der Waals surface area (Å²) in [7, 11) is 0. The smallest absolute Gasteiger partial charge is 0.235 e. The topological polar surface area (TPSA) is 71.3 Å². The van der Waals surface area contributed by atoms with Crippen LogP contribution in [0.3, 0.4) is 0 Å². The lowest BCUT2D eigenvalue weighted by atomic mass is 10.0. The van der Waals surface area contributed by atoms with E-state index in [0.717, 1.165) is 88.7 Å². The normalized spacial score (nSPS) is 11.8. The molecule has 0 aliphatic rings. The van der Waals surface area contributed by atoms with E-state index in [-0.39, 0.29) is 0 Å². The van der Waals surface area contributed by atoms with Crippen molar-refractivity contribution < 1.29 is 0 Å². The van der Waals surface area contributed by atoms with Crippen molar-refractivity contribution in [3.8, 4) is 90.3 Å². The molecule has 0 unspecified atom stereocenters. The summed E-state index contributed by atoms with van der Waals surface area (Å²) in [6, 6.07) is 143. The Morgan fingerprint density at radius 3 is 0.830 bits per heavy atom. The molecule has 0 saturated carbocycles. The van der Waals surface area contributed by atoms with E-state index in [1.807, 2.05) is 12.1 Å². The Bertz CT molecular complexity index is 7660. The number of fused-ring (bicyclic) bond motifs is 15. The average Bonchev–Trinajstić information content (AvgIpc) is 1.60. The lowest BCUT2D eigenvalue weighted by molar-refractivity contribution is 1.01. The zero-order chi connectivity index (χ0) is 73.7. The molecule has 8 heteroatoms. The Hall–Kier alpha value is -15.1. The molecule has 0 radical (unpaired) electrons. The summed E-state index contributed by atoms with van der Waals surface area (Å²) in [6.45, 7) is 0. The third-order valence-electron chi connectivity index (χ3n) is 22.5. The van der Waals surface area contributed by atoms with Crippen LogP contribution >= 0.6 is 0 Å². The van der Waals surface area contributed by atoms with Crippen molar-refractivity contribution in [2.75, 3.05) is 0 Å². The van der Waals surface area contributed by atoms with Crippen molar-refractivity contribution in [1.29, 1.82) is 0 Å². The van der Waals surface area contributed by atoms with Gasteiger partial charge in [0, 0.05) is 76.4 Å². The highest BCUT2D eigenvalue weighted by Gasteiger charge is 2.23. The minimum Gasteiger partial charge on any atom is -0.309 e. The summed E-state index contributed by atoms with van der Waals surface area (Å²) < 4.78 is 9.21. The van der Waals surface area contributed by atoms with Crippen molar-refractivity contribution in [3.63, 3.8) is 0 Å². The molecule has 0 N–H and O–H groups in total. The predicted octanol–water partition coefficient (Wildman–Crippen LogP) is 26.8. The Morgan fingerprint density at radius 2 is 0.429 bits per heavy atom. The molecule has 6 heterocycles. The molecular weight excluding hydrogens is 1360 g/mol. The first-order valence-electron chi connectivity index (χ1n) is 38.1. The summed E-state index contributed by atoms with van der Waals surface area (Å²) in [5, 5.41) is 14.1. The summed E-state index contributed by atoms with van der Waals surface area (Å²) in [5.41, 5.74) is 26.7. The van der Waals surface area contributed by atoms with Gasteiger partial charge in [0.05, 0.1) is 66.6 Å². The molecule has 8 nitrogen and oxygen atoms in total. The van der Waals surface area contributed by atoms with Crippen molar-refractivity contribution in [2.24, 2.45) is 0 Å². The van der Waals surface area contributed by atoms with Gasteiger partial charge in [0.1, 0.15) is 0 Å². The highest BCUT2D eigenvalue weighted by molar-refractivity contribution is 6.15. The van der Waals surface area contributed by atoms with Gasteiger partial charge in [0.15, 0.2) is 0 Å². The molecule has 0 aliphatic carbocycles. The van der Waals surface area contributed by atoms with Crippen LogP contribution in [0.5, 0.6) is 0 Å². The number of aromatic nitrogens is 8. The van der Waals surface area contributed by atoms with Gasteiger partial charge in [-0.15, -0.1) is 0 Å². The lowest BCUT2D eigenvalue weighted by Gasteiger charge is -2.12. The van der Waals surface area contributed by atoms with Gasteiger partial charge in [-0.25, -0.2) is 19.9 Å². The number of nitrogens with zero attached hydrogens (tertiary/aromatic N) is 8. The molecule has 522 valence electrons.